The van der Waals surface area contributed by atoms with Crippen LogP contribution in [0.15, 0.2) is 29.3 Å². The minimum atomic E-state index is -0.193. The van der Waals surface area contributed by atoms with Crippen LogP contribution in [0.3, 0.4) is 0 Å². The monoisotopic (exact) mass is 394 g/mol. The maximum Gasteiger partial charge on any atom is 0.188 e. The van der Waals surface area contributed by atoms with Crippen molar-refractivity contribution in [3.05, 3.63) is 30.1 Å². The van der Waals surface area contributed by atoms with Gasteiger partial charge in [-0.15, -0.1) is 24.0 Å². The summed E-state index contributed by atoms with van der Waals surface area (Å²) < 4.78 is 13.5. The lowest BCUT2D eigenvalue weighted by atomic mass is 10.2. The van der Waals surface area contributed by atoms with E-state index in [1.807, 2.05) is 18.0 Å². The zero-order chi connectivity index (χ0) is 14.1. The summed E-state index contributed by atoms with van der Waals surface area (Å²) in [5.41, 5.74) is 6.30. The Morgan fingerprint density at radius 3 is 2.75 bits per heavy atom. The Morgan fingerprint density at radius 2 is 2.10 bits per heavy atom. The second kappa shape index (κ2) is 10.7. The minimum Gasteiger partial charge on any atom is -0.372 e. The highest BCUT2D eigenvalue weighted by Gasteiger charge is 2.05. The SMILES string of the molecule is CCCN=C(N)NCCCN(C)c1ccccc1F.I. The van der Waals surface area contributed by atoms with Crippen molar-refractivity contribution >= 4 is 35.6 Å². The van der Waals surface area contributed by atoms with E-state index in [1.54, 1.807) is 12.1 Å². The van der Waals surface area contributed by atoms with Crippen LogP contribution in [0.4, 0.5) is 10.1 Å². The molecule has 0 radical (unpaired) electrons. The largest absolute Gasteiger partial charge is 0.372 e. The molecular formula is C14H24FIN4. The molecule has 0 saturated carbocycles. The number of nitrogens with two attached hydrogens (primary N) is 1. The second-order valence-electron chi connectivity index (χ2n) is 4.42. The molecule has 0 fully saturated rings. The van der Waals surface area contributed by atoms with Gasteiger partial charge in [-0.25, -0.2) is 4.39 Å². The van der Waals surface area contributed by atoms with Gasteiger partial charge in [-0.2, -0.15) is 0 Å². The molecule has 0 unspecified atom stereocenters. The molecule has 0 spiro atoms. The van der Waals surface area contributed by atoms with E-state index in [4.69, 9.17) is 5.73 Å². The summed E-state index contributed by atoms with van der Waals surface area (Å²) in [5.74, 6) is 0.289. The van der Waals surface area contributed by atoms with E-state index in [0.29, 0.717) is 11.6 Å². The Balaban J connectivity index is 0.00000361. The maximum atomic E-state index is 13.5. The van der Waals surface area contributed by atoms with Gasteiger partial charge in [0.25, 0.3) is 0 Å². The topological polar surface area (TPSA) is 53.6 Å². The first-order chi connectivity index (χ1) is 9.15. The third-order valence-corrected chi connectivity index (χ3v) is 2.75. The van der Waals surface area contributed by atoms with Crippen molar-refractivity contribution in [2.45, 2.75) is 19.8 Å². The van der Waals surface area contributed by atoms with Crippen LogP contribution in [0.25, 0.3) is 0 Å². The molecule has 114 valence electrons. The molecular weight excluding hydrogens is 370 g/mol. The minimum absolute atomic E-state index is 0. The van der Waals surface area contributed by atoms with Gasteiger partial charge in [-0.1, -0.05) is 19.1 Å². The molecule has 3 N–H and O–H groups in total. The molecule has 1 aromatic rings. The van der Waals surface area contributed by atoms with Crippen LogP contribution in [0, 0.1) is 5.82 Å². The van der Waals surface area contributed by atoms with Crippen molar-refractivity contribution < 1.29 is 4.39 Å². The van der Waals surface area contributed by atoms with Crippen LogP contribution in [0.5, 0.6) is 0 Å². The predicted molar refractivity (Wildman–Crippen MR) is 94.5 cm³/mol. The molecule has 1 aromatic carbocycles. The number of guanidine groups is 1. The van der Waals surface area contributed by atoms with Gasteiger partial charge in [-0.05, 0) is 25.0 Å². The zero-order valence-corrected chi connectivity index (χ0v) is 14.4. The normalized spacial score (nSPS) is 10.8. The number of rotatable bonds is 7. The van der Waals surface area contributed by atoms with Gasteiger partial charge in [0.1, 0.15) is 5.82 Å². The predicted octanol–water partition coefficient (Wildman–Crippen LogP) is 2.58. The van der Waals surface area contributed by atoms with Crippen molar-refractivity contribution in [3.8, 4) is 0 Å². The van der Waals surface area contributed by atoms with Crippen LogP contribution < -0.4 is 16.0 Å². The highest BCUT2D eigenvalue weighted by Crippen LogP contribution is 2.16. The molecule has 0 aliphatic rings. The van der Waals surface area contributed by atoms with Gasteiger partial charge < -0.3 is 16.0 Å². The third kappa shape index (κ3) is 6.93. The summed E-state index contributed by atoms with van der Waals surface area (Å²) in [7, 11) is 1.88. The molecule has 6 heteroatoms. The van der Waals surface area contributed by atoms with Gasteiger partial charge in [-0.3, -0.25) is 4.99 Å². The average molecular weight is 394 g/mol. The van der Waals surface area contributed by atoms with Crippen molar-refractivity contribution in [3.63, 3.8) is 0 Å². The summed E-state index contributed by atoms with van der Waals surface area (Å²) in [6, 6.07) is 6.78. The average Bonchev–Trinajstić information content (AvgIpc) is 2.41. The molecule has 4 nitrogen and oxygen atoms in total. The molecule has 0 atom stereocenters. The van der Waals surface area contributed by atoms with Gasteiger partial charge in [0.2, 0.25) is 0 Å². The lowest BCUT2D eigenvalue weighted by Gasteiger charge is -2.19. The number of nitrogens with zero attached hydrogens (tertiary/aromatic N) is 2. The number of benzene rings is 1. The van der Waals surface area contributed by atoms with E-state index in [9.17, 15) is 4.39 Å². The Labute approximate surface area is 137 Å². The Hall–Kier alpha value is -1.05. The highest BCUT2D eigenvalue weighted by molar-refractivity contribution is 14.0. The Kier molecular flexibility index (Phi) is 10.1. The fraction of sp³-hybridized carbons (Fsp3) is 0.500. The second-order valence-corrected chi connectivity index (χ2v) is 4.42. The summed E-state index contributed by atoms with van der Waals surface area (Å²) in [6.07, 6.45) is 1.85. The number of hydrogen-bond donors (Lipinski definition) is 2. The number of halogens is 2. The maximum absolute atomic E-state index is 13.5. The standard InChI is InChI=1S/C14H23FN4.HI/c1-3-9-17-14(16)18-10-6-11-19(2)13-8-5-4-7-12(13)15;/h4-5,7-8H,3,6,9-11H2,1-2H3,(H3,16,17,18);1H. The highest BCUT2D eigenvalue weighted by atomic mass is 127. The van der Waals surface area contributed by atoms with E-state index in [-0.39, 0.29) is 29.8 Å². The fourth-order valence-corrected chi connectivity index (χ4v) is 1.70. The molecule has 0 aromatic heterocycles. The van der Waals surface area contributed by atoms with Crippen molar-refractivity contribution in [1.82, 2.24) is 5.32 Å². The molecule has 0 bridgehead atoms. The van der Waals surface area contributed by atoms with Crippen LogP contribution in [-0.2, 0) is 0 Å². The van der Waals surface area contributed by atoms with Crippen LogP contribution >= 0.6 is 24.0 Å². The van der Waals surface area contributed by atoms with E-state index < -0.39 is 0 Å². The van der Waals surface area contributed by atoms with E-state index >= 15 is 0 Å². The van der Waals surface area contributed by atoms with Crippen molar-refractivity contribution in [1.29, 1.82) is 0 Å². The van der Waals surface area contributed by atoms with Gasteiger partial charge in [0.15, 0.2) is 5.96 Å². The van der Waals surface area contributed by atoms with E-state index in [2.05, 4.69) is 17.2 Å². The molecule has 1 rings (SSSR count). The van der Waals surface area contributed by atoms with Gasteiger partial charge in [0, 0.05) is 26.7 Å². The molecule has 0 aliphatic carbocycles. The Bertz CT molecular complexity index is 412. The fourth-order valence-electron chi connectivity index (χ4n) is 1.70. The lowest BCUT2D eigenvalue weighted by molar-refractivity contribution is 0.619. The summed E-state index contributed by atoms with van der Waals surface area (Å²) in [6.45, 7) is 4.29. The summed E-state index contributed by atoms with van der Waals surface area (Å²) in [5, 5.41) is 3.05. The number of hydrogen-bond acceptors (Lipinski definition) is 2. The first-order valence-corrected chi connectivity index (χ1v) is 6.64. The third-order valence-electron chi connectivity index (χ3n) is 2.75. The quantitative estimate of drug-likeness (QED) is 0.324. The smallest absolute Gasteiger partial charge is 0.188 e. The molecule has 0 amide bonds. The molecule has 0 saturated heterocycles. The van der Waals surface area contributed by atoms with Crippen LogP contribution in [0.2, 0.25) is 0 Å². The molecule has 0 heterocycles. The molecule has 0 aliphatic heterocycles. The number of anilines is 1. The summed E-state index contributed by atoms with van der Waals surface area (Å²) in [4.78, 5) is 6.04. The van der Waals surface area contributed by atoms with Gasteiger partial charge in [0.05, 0.1) is 5.69 Å². The van der Waals surface area contributed by atoms with E-state index in [1.165, 1.54) is 6.07 Å². The number of nitrogens with one attached hydrogen (secondary N) is 1. The first kappa shape index (κ1) is 18.9. The van der Waals surface area contributed by atoms with Crippen LogP contribution in [0.1, 0.15) is 19.8 Å². The number of para-hydroxylation sites is 1. The first-order valence-electron chi connectivity index (χ1n) is 6.64. The molecule has 20 heavy (non-hydrogen) atoms. The lowest BCUT2D eigenvalue weighted by Crippen LogP contribution is -2.34. The van der Waals surface area contributed by atoms with Crippen molar-refractivity contribution in [2.75, 3.05) is 31.6 Å². The van der Waals surface area contributed by atoms with Gasteiger partial charge >= 0.3 is 0 Å². The van der Waals surface area contributed by atoms with E-state index in [0.717, 1.165) is 32.5 Å². The van der Waals surface area contributed by atoms with Crippen molar-refractivity contribution in [2.24, 2.45) is 10.7 Å². The number of aliphatic imine (C=N–C) groups is 1. The van der Waals surface area contributed by atoms with Crippen LogP contribution in [-0.4, -0.2) is 32.6 Å². The zero-order valence-electron chi connectivity index (χ0n) is 12.1. The Morgan fingerprint density at radius 1 is 1.40 bits per heavy atom. The summed E-state index contributed by atoms with van der Waals surface area (Å²) >= 11 is 0.